The van der Waals surface area contributed by atoms with E-state index in [-0.39, 0.29) is 5.78 Å². The van der Waals surface area contributed by atoms with Crippen molar-refractivity contribution in [3.8, 4) is 0 Å². The standard InChI is InChI=1S/C8H15NO3.C2H6/c1-4-7(10)6(3)9-8(11)12-5-2;1-2/h6H,4-5H2,1-3H3,(H,9,11);1-2H3. The first-order chi connectivity index (χ1) is 6.61. The molecule has 14 heavy (non-hydrogen) atoms. The zero-order chi connectivity index (χ0) is 11.6. The van der Waals surface area contributed by atoms with Gasteiger partial charge in [-0.1, -0.05) is 20.8 Å². The Hall–Kier alpha value is -1.06. The van der Waals surface area contributed by atoms with Crippen LogP contribution in [0.25, 0.3) is 0 Å². The number of hydrogen-bond acceptors (Lipinski definition) is 3. The number of hydrogen-bond donors (Lipinski definition) is 1. The minimum atomic E-state index is -0.535. The van der Waals surface area contributed by atoms with Gasteiger partial charge >= 0.3 is 6.09 Å². The van der Waals surface area contributed by atoms with Gasteiger partial charge in [-0.15, -0.1) is 0 Å². The van der Waals surface area contributed by atoms with Gasteiger partial charge in [0, 0.05) is 6.42 Å². The summed E-state index contributed by atoms with van der Waals surface area (Å²) in [7, 11) is 0. The fourth-order valence-electron chi connectivity index (χ4n) is 0.736. The molecule has 84 valence electrons. The number of ketones is 1. The molecule has 0 saturated heterocycles. The molecule has 0 radical (unpaired) electrons. The lowest BCUT2D eigenvalue weighted by molar-refractivity contribution is -0.120. The molecule has 0 spiro atoms. The van der Waals surface area contributed by atoms with E-state index >= 15 is 0 Å². The normalized spacial score (nSPS) is 10.6. The van der Waals surface area contributed by atoms with Crippen molar-refractivity contribution in [2.24, 2.45) is 0 Å². The molecule has 0 aromatic carbocycles. The molecule has 0 aromatic rings. The van der Waals surface area contributed by atoms with E-state index in [1.165, 1.54) is 0 Å². The molecular formula is C10H21NO3. The first kappa shape index (κ1) is 15.4. The van der Waals surface area contributed by atoms with Crippen molar-refractivity contribution in [2.45, 2.75) is 47.1 Å². The third-order valence-corrected chi connectivity index (χ3v) is 1.44. The van der Waals surface area contributed by atoms with Crippen LogP contribution in [0.4, 0.5) is 4.79 Å². The highest BCUT2D eigenvalue weighted by atomic mass is 16.5. The van der Waals surface area contributed by atoms with Gasteiger partial charge in [0.1, 0.15) is 0 Å². The van der Waals surface area contributed by atoms with Crippen molar-refractivity contribution in [3.63, 3.8) is 0 Å². The lowest BCUT2D eigenvalue weighted by Gasteiger charge is -2.10. The highest BCUT2D eigenvalue weighted by molar-refractivity contribution is 5.86. The summed E-state index contributed by atoms with van der Waals surface area (Å²) in [5.74, 6) is 0.00283. The van der Waals surface area contributed by atoms with Crippen LogP contribution < -0.4 is 5.32 Å². The summed E-state index contributed by atoms with van der Waals surface area (Å²) in [5.41, 5.74) is 0. The van der Waals surface area contributed by atoms with E-state index in [1.54, 1.807) is 20.8 Å². The monoisotopic (exact) mass is 203 g/mol. The molecule has 4 nitrogen and oxygen atoms in total. The first-order valence-electron chi connectivity index (χ1n) is 5.07. The lowest BCUT2D eigenvalue weighted by Crippen LogP contribution is -2.38. The third kappa shape index (κ3) is 7.58. The van der Waals surface area contributed by atoms with E-state index in [0.29, 0.717) is 13.0 Å². The minimum Gasteiger partial charge on any atom is -0.450 e. The number of nitrogens with one attached hydrogen (secondary N) is 1. The number of ether oxygens (including phenoxy) is 1. The van der Waals surface area contributed by atoms with Gasteiger partial charge in [0.2, 0.25) is 0 Å². The fourth-order valence-corrected chi connectivity index (χ4v) is 0.736. The Morgan fingerprint density at radius 2 is 1.79 bits per heavy atom. The molecule has 0 saturated carbocycles. The van der Waals surface area contributed by atoms with Crippen LogP contribution in [0.1, 0.15) is 41.0 Å². The van der Waals surface area contributed by atoms with Crippen molar-refractivity contribution in [1.29, 1.82) is 0 Å². The van der Waals surface area contributed by atoms with E-state index < -0.39 is 12.1 Å². The lowest BCUT2D eigenvalue weighted by atomic mass is 10.2. The van der Waals surface area contributed by atoms with Gasteiger partial charge in [-0.3, -0.25) is 4.79 Å². The van der Waals surface area contributed by atoms with Crippen molar-refractivity contribution in [1.82, 2.24) is 5.32 Å². The maximum absolute atomic E-state index is 11.0. The average Bonchev–Trinajstić information content (AvgIpc) is 2.19. The van der Waals surface area contributed by atoms with Crippen LogP contribution in [0.3, 0.4) is 0 Å². The highest BCUT2D eigenvalue weighted by Crippen LogP contribution is 1.90. The van der Waals surface area contributed by atoms with Gasteiger partial charge in [-0.25, -0.2) is 4.79 Å². The quantitative estimate of drug-likeness (QED) is 0.761. The van der Waals surface area contributed by atoms with Gasteiger partial charge in [-0.2, -0.15) is 0 Å². The zero-order valence-corrected chi connectivity index (χ0v) is 9.72. The molecule has 1 amide bonds. The van der Waals surface area contributed by atoms with Gasteiger partial charge in [-0.05, 0) is 13.8 Å². The molecule has 1 N–H and O–H groups in total. The molecule has 4 heteroatoms. The second-order valence-electron chi connectivity index (χ2n) is 2.41. The van der Waals surface area contributed by atoms with Crippen molar-refractivity contribution in [3.05, 3.63) is 0 Å². The van der Waals surface area contributed by atoms with Gasteiger partial charge in [0.05, 0.1) is 12.6 Å². The molecule has 1 atom stereocenters. The molecule has 0 heterocycles. The van der Waals surface area contributed by atoms with Gasteiger partial charge in [0.25, 0.3) is 0 Å². The Kier molecular flexibility index (Phi) is 11.0. The predicted molar refractivity (Wildman–Crippen MR) is 56.3 cm³/mol. The predicted octanol–water partition coefficient (Wildman–Crippen LogP) is 2.13. The molecule has 0 aromatic heterocycles. The number of carbonyl (C=O) groups excluding carboxylic acids is 2. The summed E-state index contributed by atoms with van der Waals surface area (Å²) in [5, 5.41) is 2.42. The zero-order valence-electron chi connectivity index (χ0n) is 9.72. The van der Waals surface area contributed by atoms with Crippen LogP contribution in [0.15, 0.2) is 0 Å². The van der Waals surface area contributed by atoms with Gasteiger partial charge < -0.3 is 10.1 Å². The highest BCUT2D eigenvalue weighted by Gasteiger charge is 2.13. The van der Waals surface area contributed by atoms with Crippen LogP contribution >= 0.6 is 0 Å². The molecular weight excluding hydrogens is 182 g/mol. The number of alkyl carbamates (subject to hydrolysis) is 1. The van der Waals surface area contributed by atoms with Crippen LogP contribution in [-0.2, 0) is 9.53 Å². The second-order valence-corrected chi connectivity index (χ2v) is 2.41. The van der Waals surface area contributed by atoms with E-state index in [2.05, 4.69) is 10.1 Å². The first-order valence-corrected chi connectivity index (χ1v) is 5.07. The molecule has 0 aliphatic heterocycles. The Labute approximate surface area is 86.0 Å². The summed E-state index contributed by atoms with van der Waals surface area (Å²) >= 11 is 0. The number of Topliss-reactive ketones (excluding diaryl/α,β-unsaturated/α-hetero) is 1. The summed E-state index contributed by atoms with van der Waals surface area (Å²) in [6.45, 7) is 9.43. The number of carbonyl (C=O) groups is 2. The maximum atomic E-state index is 11.0. The molecule has 0 rings (SSSR count). The Morgan fingerprint density at radius 3 is 2.14 bits per heavy atom. The van der Waals surface area contributed by atoms with E-state index in [4.69, 9.17) is 0 Å². The number of amides is 1. The van der Waals surface area contributed by atoms with Crippen molar-refractivity contribution < 1.29 is 14.3 Å². The third-order valence-electron chi connectivity index (χ3n) is 1.44. The molecule has 0 fully saturated rings. The topological polar surface area (TPSA) is 55.4 Å². The molecule has 0 aliphatic rings. The molecule has 0 bridgehead atoms. The minimum absolute atomic E-state index is 0.00283. The van der Waals surface area contributed by atoms with Crippen molar-refractivity contribution >= 4 is 11.9 Å². The summed E-state index contributed by atoms with van der Waals surface area (Å²) in [4.78, 5) is 21.8. The smallest absolute Gasteiger partial charge is 0.407 e. The fraction of sp³-hybridized carbons (Fsp3) is 0.800. The number of rotatable bonds is 4. The SMILES string of the molecule is CC.CCOC(=O)NC(C)C(=O)CC. The van der Waals surface area contributed by atoms with Crippen LogP contribution in [0.5, 0.6) is 0 Å². The van der Waals surface area contributed by atoms with E-state index in [9.17, 15) is 9.59 Å². The Morgan fingerprint density at radius 1 is 1.29 bits per heavy atom. The summed E-state index contributed by atoms with van der Waals surface area (Å²) in [6.07, 6.45) is -0.111. The Bertz CT molecular complexity index is 169. The van der Waals surface area contributed by atoms with E-state index in [1.807, 2.05) is 13.8 Å². The summed E-state index contributed by atoms with van der Waals surface area (Å²) in [6, 6.07) is -0.450. The van der Waals surface area contributed by atoms with Crippen LogP contribution in [-0.4, -0.2) is 24.5 Å². The van der Waals surface area contributed by atoms with Gasteiger partial charge in [0.15, 0.2) is 5.78 Å². The van der Waals surface area contributed by atoms with E-state index in [0.717, 1.165) is 0 Å². The second kappa shape index (κ2) is 10.0. The average molecular weight is 203 g/mol. The van der Waals surface area contributed by atoms with Crippen LogP contribution in [0, 0.1) is 0 Å². The summed E-state index contributed by atoms with van der Waals surface area (Å²) < 4.78 is 4.60. The largest absolute Gasteiger partial charge is 0.450 e. The maximum Gasteiger partial charge on any atom is 0.407 e. The van der Waals surface area contributed by atoms with Crippen LogP contribution in [0.2, 0.25) is 0 Å². The molecule has 1 unspecified atom stereocenters. The Balaban J connectivity index is 0. The molecule has 0 aliphatic carbocycles. The van der Waals surface area contributed by atoms with Crippen molar-refractivity contribution in [2.75, 3.05) is 6.61 Å².